The number of nitrogens with zero attached hydrogens (tertiary/aromatic N) is 1. The molecular formula is C52H71N13O14S2. The maximum absolute atomic E-state index is 14.5. The summed E-state index contributed by atoms with van der Waals surface area (Å²) in [7, 11) is 1.84. The number of aliphatic hydroxyl groups excluding tert-OH is 3. The second-order valence-electron chi connectivity index (χ2n) is 19.9. The molecule has 27 nitrogen and oxygen atoms in total. The number of carboxylic acids is 1. The average Bonchev–Trinajstić information content (AvgIpc) is 4.11. The summed E-state index contributed by atoms with van der Waals surface area (Å²) >= 11 is 0. The molecule has 0 unspecified atom stereocenters. The second-order valence-corrected chi connectivity index (χ2v) is 22.5. The van der Waals surface area contributed by atoms with Crippen LogP contribution in [0.15, 0.2) is 73.3 Å². The molecule has 0 bridgehead atoms. The number of amides is 9. The smallest absolute Gasteiger partial charge is 0.327 e. The van der Waals surface area contributed by atoms with Crippen molar-refractivity contribution in [1.82, 2.24) is 62.8 Å². The fourth-order valence-electron chi connectivity index (χ4n) is 8.38. The van der Waals surface area contributed by atoms with Crippen molar-refractivity contribution < 1.29 is 68.4 Å². The molecule has 12 atom stereocenters. The molecule has 3 heterocycles. The van der Waals surface area contributed by atoms with Gasteiger partial charge in [-0.2, -0.15) is 0 Å². The predicted octanol–water partition coefficient (Wildman–Crippen LogP) is -3.09. The van der Waals surface area contributed by atoms with Gasteiger partial charge >= 0.3 is 5.97 Å². The number of nitrogens with two attached hydrogens (primary N) is 1. The van der Waals surface area contributed by atoms with Crippen molar-refractivity contribution in [3.05, 3.63) is 90.1 Å². The SMILES string of the molecule is CC(C)C[C@@H]1NC(=O)[C@H]([C@@H](C)O)NC(=O)[C@H](Cc2ccccc2)NC(=O)CNC(=O)[C@H](Cc2c[nH]c3ccccc23)NC(=O)[C@H](Cc2cnc[nH]2)NC(=O)[C@H]([C@@H](C)O)NC(=O)[C@H]([C@@H](C)O)NC(=O)[C@@H](N)CSSC[C@@H](C(=O)O)NC1=O. The number of imidazole rings is 1. The van der Waals surface area contributed by atoms with Crippen molar-refractivity contribution in [2.24, 2.45) is 11.7 Å². The molecule has 9 amide bonds. The van der Waals surface area contributed by atoms with Crippen molar-refractivity contribution in [2.45, 2.75) is 133 Å². The normalized spacial score (nSPS) is 25.6. The first kappa shape index (κ1) is 64.3. The summed E-state index contributed by atoms with van der Waals surface area (Å²) in [5, 5.41) is 65.4. The lowest BCUT2D eigenvalue weighted by atomic mass is 10.0. The van der Waals surface area contributed by atoms with Crippen LogP contribution in [0.25, 0.3) is 10.9 Å². The molecule has 5 rings (SSSR count). The molecular weight excluding hydrogens is 1090 g/mol. The van der Waals surface area contributed by atoms with Crippen LogP contribution in [0.3, 0.4) is 0 Å². The van der Waals surface area contributed by atoms with Gasteiger partial charge in [-0.1, -0.05) is 84.0 Å². The van der Waals surface area contributed by atoms with Crippen LogP contribution < -0.4 is 53.6 Å². The van der Waals surface area contributed by atoms with Crippen LogP contribution in [0.2, 0.25) is 0 Å². The van der Waals surface area contributed by atoms with Gasteiger partial charge in [-0.05, 0) is 50.3 Å². The number of aliphatic carboxylic acids is 1. The molecule has 2 aromatic carbocycles. The number of aliphatic hydroxyl groups is 3. The highest BCUT2D eigenvalue weighted by atomic mass is 33.1. The van der Waals surface area contributed by atoms with E-state index in [-0.39, 0.29) is 43.1 Å². The first-order valence-corrected chi connectivity index (χ1v) is 28.4. The van der Waals surface area contributed by atoms with E-state index in [0.29, 0.717) is 27.7 Å². The topological polar surface area (TPSA) is 430 Å². The van der Waals surface area contributed by atoms with Gasteiger partial charge in [-0.25, -0.2) is 9.78 Å². The summed E-state index contributed by atoms with van der Waals surface area (Å²) in [6.45, 7) is 6.22. The minimum absolute atomic E-state index is 0.0227. The van der Waals surface area contributed by atoms with E-state index < -0.39 is 138 Å². The van der Waals surface area contributed by atoms with E-state index >= 15 is 0 Å². The van der Waals surface area contributed by atoms with Crippen LogP contribution in [0.4, 0.5) is 0 Å². The Morgan fingerprint density at radius 1 is 0.593 bits per heavy atom. The second kappa shape index (κ2) is 30.9. The van der Waals surface area contributed by atoms with Gasteiger partial charge in [0.1, 0.15) is 48.3 Å². The van der Waals surface area contributed by atoms with Gasteiger partial charge in [0.25, 0.3) is 0 Å². The number of hydrogen-bond donors (Lipinski definition) is 16. The van der Waals surface area contributed by atoms with Crippen LogP contribution >= 0.6 is 21.6 Å². The first-order valence-electron chi connectivity index (χ1n) is 25.9. The number of benzene rings is 2. The number of H-pyrrole nitrogens is 2. The quantitative estimate of drug-likeness (QED) is 0.0625. The van der Waals surface area contributed by atoms with Crippen LogP contribution in [-0.2, 0) is 67.2 Å². The Labute approximate surface area is 473 Å². The molecule has 1 saturated heterocycles. The number of hydrogen-bond acceptors (Lipinski definition) is 17. The molecule has 1 aliphatic rings. The average molecular weight is 1170 g/mol. The molecule has 440 valence electrons. The van der Waals surface area contributed by atoms with Crippen LogP contribution in [0, 0.1) is 5.92 Å². The summed E-state index contributed by atoms with van der Waals surface area (Å²) in [5.41, 5.74) is 8.27. The lowest BCUT2D eigenvalue weighted by Gasteiger charge is -2.28. The molecule has 1 fully saturated rings. The lowest BCUT2D eigenvalue weighted by Crippen LogP contribution is -2.63. The molecule has 17 N–H and O–H groups in total. The van der Waals surface area contributed by atoms with Gasteiger partial charge in [0.15, 0.2) is 0 Å². The Kier molecular flexibility index (Phi) is 24.5. The third-order valence-corrected chi connectivity index (χ3v) is 15.2. The van der Waals surface area contributed by atoms with Gasteiger partial charge in [0.05, 0.1) is 37.2 Å². The lowest BCUT2D eigenvalue weighted by molar-refractivity contribution is -0.142. The van der Waals surface area contributed by atoms with Crippen LogP contribution in [0.1, 0.15) is 57.9 Å². The molecule has 0 aliphatic carbocycles. The number of rotatable bonds is 12. The van der Waals surface area contributed by atoms with E-state index in [0.717, 1.165) is 35.4 Å². The minimum Gasteiger partial charge on any atom is -0.480 e. The molecule has 29 heteroatoms. The number of carboxylic acid groups (broad SMARTS) is 1. The highest BCUT2D eigenvalue weighted by molar-refractivity contribution is 8.76. The first-order chi connectivity index (χ1) is 38.4. The van der Waals surface area contributed by atoms with Gasteiger partial charge < -0.3 is 84.0 Å². The molecule has 81 heavy (non-hydrogen) atoms. The van der Waals surface area contributed by atoms with Gasteiger partial charge in [0, 0.05) is 59.8 Å². The number of carbonyl (C=O) groups is 10. The van der Waals surface area contributed by atoms with Crippen molar-refractivity contribution in [2.75, 3.05) is 18.1 Å². The number of carbonyl (C=O) groups excluding carboxylic acids is 9. The Hall–Kier alpha value is -7.57. The summed E-state index contributed by atoms with van der Waals surface area (Å²) in [6.07, 6.45) is -1.20. The molecule has 0 saturated carbocycles. The third kappa shape index (κ3) is 19.6. The Bertz CT molecular complexity index is 2820. The number of nitrogens with one attached hydrogen (secondary N) is 11. The van der Waals surface area contributed by atoms with E-state index in [4.69, 9.17) is 5.73 Å². The molecule has 2 aromatic heterocycles. The van der Waals surface area contributed by atoms with Crippen molar-refractivity contribution in [3.8, 4) is 0 Å². The van der Waals surface area contributed by atoms with Crippen molar-refractivity contribution in [3.63, 3.8) is 0 Å². The highest BCUT2D eigenvalue weighted by Gasteiger charge is 2.38. The molecule has 0 spiro atoms. The summed E-state index contributed by atoms with van der Waals surface area (Å²) in [4.78, 5) is 148. The van der Waals surface area contributed by atoms with E-state index in [9.17, 15) is 68.4 Å². The van der Waals surface area contributed by atoms with Crippen molar-refractivity contribution in [1.29, 1.82) is 0 Å². The maximum atomic E-state index is 14.5. The van der Waals surface area contributed by atoms with Gasteiger partial charge in [-0.3, -0.25) is 43.2 Å². The Morgan fingerprint density at radius 2 is 1.11 bits per heavy atom. The Balaban J connectivity index is 1.51. The van der Waals surface area contributed by atoms with E-state index in [1.165, 1.54) is 19.4 Å². The highest BCUT2D eigenvalue weighted by Crippen LogP contribution is 2.23. The monoisotopic (exact) mass is 1170 g/mol. The zero-order valence-corrected chi connectivity index (χ0v) is 46.7. The predicted molar refractivity (Wildman–Crippen MR) is 298 cm³/mol. The minimum atomic E-state index is -1.82. The Morgan fingerprint density at radius 3 is 1.72 bits per heavy atom. The van der Waals surface area contributed by atoms with E-state index in [1.807, 2.05) is 0 Å². The molecule has 1 aliphatic heterocycles. The maximum Gasteiger partial charge on any atom is 0.327 e. The van der Waals surface area contributed by atoms with Crippen LogP contribution in [-0.4, -0.2) is 185 Å². The standard InChI is InChI=1S/C52H71N13O14S2/c1-25(2)15-35-46(72)62-39(52(78)79)23-81-80-22-33(53)44(70)63-43(28(5)68)51(77)65-42(27(4)67)50(76)61-38(18-31-20-54-24-57-31)47(73)59-37(17-30-19-55-34-14-10-9-13-32(30)34)45(71)56-21-40(69)58-36(16-29-11-7-6-8-12-29)48(74)64-41(26(3)66)49(75)60-35/h6-14,19-20,24-28,33,35-39,41-43,55,66-68H,15-18,21-23,53H2,1-5H3,(H,54,57)(H,56,71)(H,58,69)(H,59,73)(H,60,75)(H,61,76)(H,62,72)(H,63,70)(H,64,74)(H,65,77)(H,78,79)/t26-,27-,28-,33+,35+,36+,37+,38+,39+,41+,42+,43+/m1/s1. The summed E-state index contributed by atoms with van der Waals surface area (Å²) in [6, 6.07) is 1.42. The largest absolute Gasteiger partial charge is 0.480 e. The number of para-hydroxylation sites is 1. The van der Waals surface area contributed by atoms with Gasteiger partial charge in [-0.15, -0.1) is 0 Å². The summed E-state index contributed by atoms with van der Waals surface area (Å²) in [5.74, 6) is -11.1. The summed E-state index contributed by atoms with van der Waals surface area (Å²) < 4.78 is 0. The van der Waals surface area contributed by atoms with E-state index in [2.05, 4.69) is 62.8 Å². The number of fused-ring (bicyclic) bond motifs is 1. The zero-order chi connectivity index (χ0) is 59.5. The molecule has 0 radical (unpaired) electrons. The van der Waals surface area contributed by atoms with Gasteiger partial charge in [0.2, 0.25) is 53.2 Å². The third-order valence-electron chi connectivity index (χ3n) is 12.7. The fourth-order valence-corrected chi connectivity index (χ4v) is 10.7. The zero-order valence-electron chi connectivity index (χ0n) is 45.1. The number of aromatic amines is 2. The fraction of sp³-hybridized carbons (Fsp3) is 0.481. The number of aromatic nitrogens is 3. The van der Waals surface area contributed by atoms with E-state index in [1.54, 1.807) is 74.6 Å². The van der Waals surface area contributed by atoms with Crippen molar-refractivity contribution >= 4 is 91.6 Å². The molecule has 4 aromatic rings. The van der Waals surface area contributed by atoms with Crippen LogP contribution in [0.5, 0.6) is 0 Å².